The molecule has 1 fully saturated rings. The van der Waals surface area contributed by atoms with Gasteiger partial charge in [-0.2, -0.15) is 0 Å². The number of ether oxygens (including phenoxy) is 1. The fourth-order valence-corrected chi connectivity index (χ4v) is 2.93. The van der Waals surface area contributed by atoms with Crippen molar-refractivity contribution in [1.29, 1.82) is 0 Å². The number of urea groups is 1. The summed E-state index contributed by atoms with van der Waals surface area (Å²) in [6, 6.07) is 6.43. The summed E-state index contributed by atoms with van der Waals surface area (Å²) in [5, 5.41) is 5.58. The van der Waals surface area contributed by atoms with Gasteiger partial charge in [-0.25, -0.2) is 9.18 Å². The van der Waals surface area contributed by atoms with Crippen LogP contribution in [0.25, 0.3) is 0 Å². The van der Waals surface area contributed by atoms with Crippen molar-refractivity contribution in [1.82, 2.24) is 15.5 Å². The third-order valence-corrected chi connectivity index (χ3v) is 4.30. The van der Waals surface area contributed by atoms with E-state index in [2.05, 4.69) is 22.5 Å². The highest BCUT2D eigenvalue weighted by Crippen LogP contribution is 2.16. The molecule has 1 aliphatic rings. The second kappa shape index (κ2) is 10.1. The lowest BCUT2D eigenvalue weighted by molar-refractivity contribution is 0.159. The van der Waals surface area contributed by atoms with E-state index in [1.807, 2.05) is 0 Å². The molecule has 6 heteroatoms. The molecule has 134 valence electrons. The number of carbonyl (C=O) groups is 1. The standard InChI is InChI=1S/C18H28FN3O2/c1-15-6-2-3-11-22(15)12-5-9-20-18(23)21-10-13-24-17-8-4-7-16(19)14-17/h4,7-8,14-15H,2-3,5-6,9-13H2,1H3,(H2,20,21,23). The van der Waals surface area contributed by atoms with E-state index in [1.165, 1.54) is 37.9 Å². The third-order valence-electron chi connectivity index (χ3n) is 4.30. The van der Waals surface area contributed by atoms with Crippen molar-refractivity contribution < 1.29 is 13.9 Å². The predicted molar refractivity (Wildman–Crippen MR) is 92.8 cm³/mol. The molecule has 2 rings (SSSR count). The number of halogens is 1. The van der Waals surface area contributed by atoms with Crippen molar-refractivity contribution in [2.75, 3.05) is 32.8 Å². The number of benzene rings is 1. The Morgan fingerprint density at radius 2 is 2.17 bits per heavy atom. The van der Waals surface area contributed by atoms with Gasteiger partial charge in [-0.15, -0.1) is 0 Å². The second-order valence-corrected chi connectivity index (χ2v) is 6.22. The highest BCUT2D eigenvalue weighted by Gasteiger charge is 2.17. The van der Waals surface area contributed by atoms with Crippen molar-refractivity contribution in [2.24, 2.45) is 0 Å². The molecule has 0 aromatic heterocycles. The van der Waals surface area contributed by atoms with Gasteiger partial charge in [-0.05, 0) is 44.9 Å². The van der Waals surface area contributed by atoms with Crippen molar-refractivity contribution in [3.63, 3.8) is 0 Å². The lowest BCUT2D eigenvalue weighted by Gasteiger charge is -2.33. The molecular weight excluding hydrogens is 309 g/mol. The first-order valence-corrected chi connectivity index (χ1v) is 8.79. The van der Waals surface area contributed by atoms with Crippen LogP contribution in [0.3, 0.4) is 0 Å². The molecule has 1 heterocycles. The van der Waals surface area contributed by atoms with Gasteiger partial charge in [0.25, 0.3) is 0 Å². The summed E-state index contributed by atoms with van der Waals surface area (Å²) in [6.45, 7) is 5.83. The van der Waals surface area contributed by atoms with Gasteiger partial charge in [0.2, 0.25) is 0 Å². The molecule has 1 aromatic carbocycles. The van der Waals surface area contributed by atoms with E-state index in [4.69, 9.17) is 4.74 Å². The molecular formula is C18H28FN3O2. The minimum absolute atomic E-state index is 0.190. The van der Waals surface area contributed by atoms with Crippen molar-refractivity contribution in [3.05, 3.63) is 30.1 Å². The number of piperidine rings is 1. The molecule has 2 N–H and O–H groups in total. The highest BCUT2D eigenvalue weighted by atomic mass is 19.1. The van der Waals surface area contributed by atoms with Crippen molar-refractivity contribution >= 4 is 6.03 Å². The Balaban J connectivity index is 1.49. The summed E-state index contributed by atoms with van der Waals surface area (Å²) in [4.78, 5) is 14.2. The summed E-state index contributed by atoms with van der Waals surface area (Å²) in [6.07, 6.45) is 4.84. The minimum Gasteiger partial charge on any atom is -0.492 e. The summed E-state index contributed by atoms with van der Waals surface area (Å²) in [7, 11) is 0. The van der Waals surface area contributed by atoms with E-state index in [-0.39, 0.29) is 11.8 Å². The Kier molecular flexibility index (Phi) is 7.82. The fourth-order valence-electron chi connectivity index (χ4n) is 2.93. The zero-order valence-electron chi connectivity index (χ0n) is 14.4. The van der Waals surface area contributed by atoms with Gasteiger partial charge >= 0.3 is 6.03 Å². The fraction of sp³-hybridized carbons (Fsp3) is 0.611. The van der Waals surface area contributed by atoms with Gasteiger partial charge in [0, 0.05) is 25.2 Å². The molecule has 2 amide bonds. The third kappa shape index (κ3) is 6.74. The van der Waals surface area contributed by atoms with E-state index in [0.29, 0.717) is 31.5 Å². The maximum Gasteiger partial charge on any atom is 0.314 e. The summed E-state index contributed by atoms with van der Waals surface area (Å²) in [5.41, 5.74) is 0. The van der Waals surface area contributed by atoms with Crippen LogP contribution in [0.4, 0.5) is 9.18 Å². The highest BCUT2D eigenvalue weighted by molar-refractivity contribution is 5.73. The molecule has 1 unspecified atom stereocenters. The lowest BCUT2D eigenvalue weighted by atomic mass is 10.0. The molecule has 1 aromatic rings. The Morgan fingerprint density at radius 1 is 1.33 bits per heavy atom. The molecule has 5 nitrogen and oxygen atoms in total. The normalized spacial score (nSPS) is 18.2. The van der Waals surface area contributed by atoms with Crippen LogP contribution in [-0.2, 0) is 0 Å². The first-order valence-electron chi connectivity index (χ1n) is 8.79. The number of rotatable bonds is 8. The van der Waals surface area contributed by atoms with E-state index >= 15 is 0 Å². The van der Waals surface area contributed by atoms with Crippen LogP contribution in [0.2, 0.25) is 0 Å². The first-order chi connectivity index (χ1) is 11.6. The Morgan fingerprint density at radius 3 is 2.96 bits per heavy atom. The SMILES string of the molecule is CC1CCCCN1CCCNC(=O)NCCOc1cccc(F)c1. The predicted octanol–water partition coefficient (Wildman–Crippen LogP) is 2.77. The lowest BCUT2D eigenvalue weighted by Crippen LogP contribution is -2.41. The smallest absolute Gasteiger partial charge is 0.314 e. The number of carbonyl (C=O) groups excluding carboxylic acids is 1. The molecule has 0 radical (unpaired) electrons. The number of nitrogens with zero attached hydrogens (tertiary/aromatic N) is 1. The van der Waals surface area contributed by atoms with Crippen LogP contribution in [-0.4, -0.2) is 49.8 Å². The van der Waals surface area contributed by atoms with Gasteiger partial charge in [-0.3, -0.25) is 0 Å². The zero-order chi connectivity index (χ0) is 17.2. The van der Waals surface area contributed by atoms with Gasteiger partial charge in [-0.1, -0.05) is 12.5 Å². The van der Waals surface area contributed by atoms with Crippen LogP contribution in [0.15, 0.2) is 24.3 Å². The van der Waals surface area contributed by atoms with Gasteiger partial charge in [0.1, 0.15) is 18.2 Å². The van der Waals surface area contributed by atoms with Crippen LogP contribution >= 0.6 is 0 Å². The Bertz CT molecular complexity index is 513. The largest absolute Gasteiger partial charge is 0.492 e. The Labute approximate surface area is 143 Å². The number of hydrogen-bond acceptors (Lipinski definition) is 3. The zero-order valence-corrected chi connectivity index (χ0v) is 14.4. The first kappa shape index (κ1) is 18.5. The van der Waals surface area contributed by atoms with E-state index in [1.54, 1.807) is 12.1 Å². The average Bonchev–Trinajstić information content (AvgIpc) is 2.57. The number of nitrogens with one attached hydrogen (secondary N) is 2. The molecule has 1 aliphatic heterocycles. The van der Waals surface area contributed by atoms with Gasteiger partial charge in [0.15, 0.2) is 0 Å². The van der Waals surface area contributed by atoms with Crippen molar-refractivity contribution in [2.45, 2.75) is 38.6 Å². The summed E-state index contributed by atoms with van der Waals surface area (Å²) < 4.78 is 18.3. The van der Waals surface area contributed by atoms with Crippen LogP contribution in [0, 0.1) is 5.82 Å². The van der Waals surface area contributed by atoms with E-state index in [9.17, 15) is 9.18 Å². The van der Waals surface area contributed by atoms with Crippen molar-refractivity contribution in [3.8, 4) is 5.75 Å². The van der Waals surface area contributed by atoms with Gasteiger partial charge in [0.05, 0.1) is 6.54 Å². The molecule has 0 saturated carbocycles. The summed E-state index contributed by atoms with van der Waals surface area (Å²) in [5.74, 6) is 0.133. The quantitative estimate of drug-likeness (QED) is 0.717. The van der Waals surface area contributed by atoms with Crippen LogP contribution in [0.1, 0.15) is 32.6 Å². The number of hydrogen-bond donors (Lipinski definition) is 2. The topological polar surface area (TPSA) is 53.6 Å². The van der Waals surface area contributed by atoms with E-state index in [0.717, 1.165) is 13.0 Å². The number of likely N-dealkylation sites (tertiary alicyclic amines) is 1. The van der Waals surface area contributed by atoms with Crippen LogP contribution in [0.5, 0.6) is 5.75 Å². The Hall–Kier alpha value is -1.82. The van der Waals surface area contributed by atoms with Gasteiger partial charge < -0.3 is 20.3 Å². The van der Waals surface area contributed by atoms with E-state index < -0.39 is 0 Å². The molecule has 0 aliphatic carbocycles. The minimum atomic E-state index is -0.332. The second-order valence-electron chi connectivity index (χ2n) is 6.22. The number of amides is 2. The molecule has 0 bridgehead atoms. The maximum atomic E-state index is 13.0. The monoisotopic (exact) mass is 337 g/mol. The molecule has 1 saturated heterocycles. The average molecular weight is 337 g/mol. The summed E-state index contributed by atoms with van der Waals surface area (Å²) >= 11 is 0. The van der Waals surface area contributed by atoms with Crippen LogP contribution < -0.4 is 15.4 Å². The molecule has 24 heavy (non-hydrogen) atoms. The molecule has 1 atom stereocenters. The maximum absolute atomic E-state index is 13.0. The molecule has 0 spiro atoms.